The third-order valence-corrected chi connectivity index (χ3v) is 3.86. The van der Waals surface area contributed by atoms with Crippen LogP contribution in [0.1, 0.15) is 5.69 Å². The average Bonchev–Trinajstić information content (AvgIpc) is 3.03. The number of nitrogens with two attached hydrogens (primary N) is 1. The number of aromatic nitrogens is 4. The zero-order valence-corrected chi connectivity index (χ0v) is 13.2. The van der Waals surface area contributed by atoms with Crippen LogP contribution in [-0.2, 0) is 0 Å². The molecule has 0 aliphatic carbocycles. The van der Waals surface area contributed by atoms with Crippen molar-refractivity contribution in [1.29, 1.82) is 0 Å². The third-order valence-electron chi connectivity index (χ3n) is 3.86. The Morgan fingerprint density at radius 3 is 2.64 bits per heavy atom. The molecule has 3 aromatic heterocycles. The molecule has 0 saturated carbocycles. The number of pyridine rings is 1. The summed E-state index contributed by atoms with van der Waals surface area (Å²) in [6.45, 7) is 1.70. The molecule has 25 heavy (non-hydrogen) atoms. The number of fused-ring (bicyclic) bond motifs is 1. The summed E-state index contributed by atoms with van der Waals surface area (Å²) in [5.41, 5.74) is 9.07. The quantitative estimate of drug-likeness (QED) is 0.567. The minimum Gasteiger partial charge on any atom is -0.381 e. The Morgan fingerprint density at radius 1 is 1.04 bits per heavy atom. The van der Waals surface area contributed by atoms with E-state index in [1.165, 1.54) is 18.2 Å². The summed E-state index contributed by atoms with van der Waals surface area (Å²) in [6.07, 6.45) is 3.29. The topological polar surface area (TPSA) is 69.1 Å². The van der Waals surface area contributed by atoms with Gasteiger partial charge in [-0.05, 0) is 25.1 Å². The average molecular weight is 337 g/mol. The van der Waals surface area contributed by atoms with Crippen molar-refractivity contribution in [3.8, 4) is 22.5 Å². The summed E-state index contributed by atoms with van der Waals surface area (Å²) in [6, 6.07) is 9.06. The van der Waals surface area contributed by atoms with Crippen molar-refractivity contribution in [2.45, 2.75) is 6.92 Å². The summed E-state index contributed by atoms with van der Waals surface area (Å²) in [4.78, 5) is 12.4. The second-order valence-electron chi connectivity index (χ2n) is 5.65. The number of nitrogens with zero attached hydrogens (tertiary/aromatic N) is 4. The molecule has 0 amide bonds. The van der Waals surface area contributed by atoms with Crippen LogP contribution >= 0.6 is 0 Å². The number of benzene rings is 1. The maximum atomic E-state index is 13.9. The molecule has 0 fully saturated rings. The zero-order valence-electron chi connectivity index (χ0n) is 13.2. The van der Waals surface area contributed by atoms with Gasteiger partial charge in [0.2, 0.25) is 5.95 Å². The van der Waals surface area contributed by atoms with E-state index in [-0.39, 0.29) is 5.82 Å². The fourth-order valence-corrected chi connectivity index (χ4v) is 2.89. The van der Waals surface area contributed by atoms with Crippen molar-refractivity contribution in [1.82, 2.24) is 19.4 Å². The Morgan fingerprint density at radius 2 is 1.88 bits per heavy atom. The molecular weight excluding hydrogens is 324 g/mol. The van der Waals surface area contributed by atoms with Crippen LogP contribution in [0.15, 0.2) is 48.8 Å². The fourth-order valence-electron chi connectivity index (χ4n) is 2.89. The molecule has 4 rings (SSSR count). The second-order valence-corrected chi connectivity index (χ2v) is 5.65. The number of anilines is 1. The number of rotatable bonds is 2. The second kappa shape index (κ2) is 5.62. The van der Waals surface area contributed by atoms with Gasteiger partial charge in [-0.25, -0.2) is 19.3 Å². The molecule has 0 spiro atoms. The van der Waals surface area contributed by atoms with Gasteiger partial charge in [0.1, 0.15) is 5.82 Å². The van der Waals surface area contributed by atoms with Gasteiger partial charge in [0.15, 0.2) is 11.5 Å². The van der Waals surface area contributed by atoms with Crippen molar-refractivity contribution in [2.75, 3.05) is 5.73 Å². The van der Waals surface area contributed by atoms with Gasteiger partial charge in [0, 0.05) is 35.3 Å². The predicted octanol–water partition coefficient (Wildman–Crippen LogP) is 3.63. The van der Waals surface area contributed by atoms with Crippen molar-refractivity contribution < 1.29 is 8.78 Å². The van der Waals surface area contributed by atoms with E-state index in [1.807, 2.05) is 0 Å². The molecule has 7 heteroatoms. The maximum Gasteiger partial charge on any atom is 0.213 e. The first kappa shape index (κ1) is 15.2. The van der Waals surface area contributed by atoms with E-state index in [9.17, 15) is 8.78 Å². The van der Waals surface area contributed by atoms with E-state index in [2.05, 4.69) is 15.0 Å². The Balaban J connectivity index is 2.12. The van der Waals surface area contributed by atoms with Crippen molar-refractivity contribution in [2.24, 2.45) is 0 Å². The highest BCUT2D eigenvalue weighted by molar-refractivity contribution is 5.83. The minimum atomic E-state index is -0.606. The lowest BCUT2D eigenvalue weighted by Gasteiger charge is -2.14. The molecule has 0 saturated heterocycles. The van der Waals surface area contributed by atoms with Crippen LogP contribution in [-0.4, -0.2) is 19.4 Å². The molecule has 0 atom stereocenters. The standard InChI is InChI=1S/C18H13F2N5/c1-10-7-12(9-14(20)23-10)16-15(11-3-2-4-13(19)8-11)24-17(21)18-22-5-6-25(16)18/h2-9H,1H3,(H2,21,24). The Bertz CT molecular complexity index is 1080. The molecule has 1 aromatic carbocycles. The SMILES string of the molecule is Cc1cc(-c2c(-c3cccc(F)c3)nc(N)c3nccn23)cc(F)n1. The Hall–Kier alpha value is -3.35. The number of hydrogen-bond acceptors (Lipinski definition) is 4. The molecule has 0 aliphatic heterocycles. The molecule has 0 unspecified atom stereocenters. The maximum absolute atomic E-state index is 13.9. The van der Waals surface area contributed by atoms with E-state index in [4.69, 9.17) is 5.73 Å². The molecule has 0 bridgehead atoms. The fraction of sp³-hybridized carbons (Fsp3) is 0.0556. The normalized spacial score (nSPS) is 11.2. The van der Waals surface area contributed by atoms with Crippen molar-refractivity contribution >= 4 is 11.5 Å². The van der Waals surface area contributed by atoms with Crippen molar-refractivity contribution in [3.63, 3.8) is 0 Å². The number of imidazole rings is 1. The van der Waals surface area contributed by atoms with Crippen molar-refractivity contribution in [3.05, 3.63) is 66.3 Å². The molecule has 4 aromatic rings. The van der Waals surface area contributed by atoms with E-state index in [0.29, 0.717) is 33.9 Å². The van der Waals surface area contributed by atoms with E-state index in [0.717, 1.165) is 0 Å². The molecule has 3 heterocycles. The molecule has 5 nitrogen and oxygen atoms in total. The summed E-state index contributed by atoms with van der Waals surface area (Å²) in [5.74, 6) is -0.795. The number of nitrogen functional groups attached to an aromatic ring is 1. The van der Waals surface area contributed by atoms with E-state index in [1.54, 1.807) is 41.9 Å². The largest absolute Gasteiger partial charge is 0.381 e. The van der Waals surface area contributed by atoms with Crippen LogP contribution in [0, 0.1) is 18.7 Å². The molecule has 2 N–H and O–H groups in total. The van der Waals surface area contributed by atoms with Gasteiger partial charge in [0.25, 0.3) is 0 Å². The zero-order chi connectivity index (χ0) is 17.6. The minimum absolute atomic E-state index is 0.208. The lowest BCUT2D eigenvalue weighted by atomic mass is 10.0. The third kappa shape index (κ3) is 2.59. The van der Waals surface area contributed by atoms with E-state index < -0.39 is 11.8 Å². The highest BCUT2D eigenvalue weighted by Gasteiger charge is 2.18. The van der Waals surface area contributed by atoms with Gasteiger partial charge < -0.3 is 5.73 Å². The molecular formula is C18H13F2N5. The smallest absolute Gasteiger partial charge is 0.213 e. The number of hydrogen-bond donors (Lipinski definition) is 1. The molecule has 0 aliphatic rings. The lowest BCUT2D eigenvalue weighted by Crippen LogP contribution is -2.04. The first-order valence-electron chi connectivity index (χ1n) is 7.56. The predicted molar refractivity (Wildman–Crippen MR) is 90.7 cm³/mol. The van der Waals surface area contributed by atoms with Crippen LogP contribution in [0.5, 0.6) is 0 Å². The van der Waals surface area contributed by atoms with Gasteiger partial charge in [-0.1, -0.05) is 12.1 Å². The van der Waals surface area contributed by atoms with Gasteiger partial charge >= 0.3 is 0 Å². The monoisotopic (exact) mass is 337 g/mol. The van der Waals surface area contributed by atoms with Gasteiger partial charge in [-0.15, -0.1) is 0 Å². The Labute approximate surface area is 141 Å². The van der Waals surface area contributed by atoms with E-state index >= 15 is 0 Å². The van der Waals surface area contributed by atoms with Gasteiger partial charge in [-0.2, -0.15) is 4.39 Å². The highest BCUT2D eigenvalue weighted by atomic mass is 19.1. The van der Waals surface area contributed by atoms with Crippen LogP contribution in [0.2, 0.25) is 0 Å². The first-order valence-corrected chi connectivity index (χ1v) is 7.56. The summed E-state index contributed by atoms with van der Waals surface area (Å²) >= 11 is 0. The number of halogens is 2. The van der Waals surface area contributed by atoms with Crippen LogP contribution in [0.25, 0.3) is 28.2 Å². The van der Waals surface area contributed by atoms with Crippen LogP contribution in [0.3, 0.4) is 0 Å². The van der Waals surface area contributed by atoms with Gasteiger partial charge in [-0.3, -0.25) is 4.40 Å². The first-order chi connectivity index (χ1) is 12.0. The summed E-state index contributed by atoms with van der Waals surface area (Å²) < 4.78 is 29.3. The lowest BCUT2D eigenvalue weighted by molar-refractivity contribution is 0.580. The van der Waals surface area contributed by atoms with Crippen LogP contribution < -0.4 is 5.73 Å². The Kier molecular flexibility index (Phi) is 3.42. The highest BCUT2D eigenvalue weighted by Crippen LogP contribution is 2.33. The van der Waals surface area contributed by atoms with Gasteiger partial charge in [0.05, 0.1) is 11.4 Å². The van der Waals surface area contributed by atoms with Crippen LogP contribution in [0.4, 0.5) is 14.6 Å². The summed E-state index contributed by atoms with van der Waals surface area (Å²) in [5, 5.41) is 0. The summed E-state index contributed by atoms with van der Waals surface area (Å²) in [7, 11) is 0. The molecule has 124 valence electrons. The molecule has 0 radical (unpaired) electrons. The number of aryl methyl sites for hydroxylation is 1.